The molecule has 27 heavy (non-hydrogen) atoms. The summed E-state index contributed by atoms with van der Waals surface area (Å²) in [7, 11) is 0. The van der Waals surface area contributed by atoms with Crippen molar-refractivity contribution >= 4 is 43.8 Å². The van der Waals surface area contributed by atoms with Crippen LogP contribution in [0, 0.1) is 0 Å². The molecule has 0 aromatic heterocycles. The predicted octanol–water partition coefficient (Wildman–Crippen LogP) is 5.79. The van der Waals surface area contributed by atoms with Gasteiger partial charge in [0, 0.05) is 0 Å². The predicted molar refractivity (Wildman–Crippen MR) is 110 cm³/mol. The van der Waals surface area contributed by atoms with E-state index >= 15 is 0 Å². The first-order valence-corrected chi connectivity index (χ1v) is 10.2. The third-order valence-corrected chi connectivity index (χ3v) is 4.81. The highest BCUT2D eigenvalue weighted by Gasteiger charge is 2.15. The summed E-state index contributed by atoms with van der Waals surface area (Å²) in [6, 6.07) is 9.69. The Balaban J connectivity index is 2.08. The van der Waals surface area contributed by atoms with Crippen LogP contribution in [0.4, 0.5) is 0 Å². The number of halogens is 2. The molecule has 0 aliphatic heterocycles. The van der Waals surface area contributed by atoms with Crippen molar-refractivity contribution in [3.8, 4) is 11.5 Å². The summed E-state index contributed by atoms with van der Waals surface area (Å²) in [6.07, 6.45) is 2.01. The molecule has 0 unspecified atom stereocenters. The summed E-state index contributed by atoms with van der Waals surface area (Å²) >= 11 is 6.73. The molecule has 5 nitrogen and oxygen atoms in total. The van der Waals surface area contributed by atoms with Crippen LogP contribution in [0.2, 0.25) is 0 Å². The van der Waals surface area contributed by atoms with Gasteiger partial charge in [-0.15, -0.1) is 0 Å². The Kier molecular flexibility index (Phi) is 8.31. The molecule has 0 heterocycles. The normalized spacial score (nSPS) is 10.4. The Labute approximate surface area is 175 Å². The van der Waals surface area contributed by atoms with E-state index in [0.717, 1.165) is 12.8 Å². The summed E-state index contributed by atoms with van der Waals surface area (Å²) < 4.78 is 17.2. The van der Waals surface area contributed by atoms with Crippen molar-refractivity contribution < 1.29 is 23.8 Å². The van der Waals surface area contributed by atoms with Gasteiger partial charge in [0.05, 0.1) is 33.3 Å². The Hall–Kier alpha value is -1.86. The Morgan fingerprint density at radius 3 is 2.04 bits per heavy atom. The van der Waals surface area contributed by atoms with Gasteiger partial charge in [0.1, 0.15) is 11.5 Å². The van der Waals surface area contributed by atoms with Crippen LogP contribution in [-0.4, -0.2) is 25.2 Å². The molecule has 2 aromatic rings. The molecule has 0 aliphatic carbocycles. The molecule has 0 atom stereocenters. The Morgan fingerprint density at radius 1 is 0.889 bits per heavy atom. The smallest absolute Gasteiger partial charge is 0.343 e. The quantitative estimate of drug-likeness (QED) is 0.261. The fraction of sp³-hybridized carbons (Fsp3) is 0.300. The van der Waals surface area contributed by atoms with Gasteiger partial charge >= 0.3 is 11.9 Å². The molecule has 0 spiro atoms. The molecular weight excluding hydrogens is 480 g/mol. The van der Waals surface area contributed by atoms with Gasteiger partial charge in [-0.2, -0.15) is 0 Å². The third kappa shape index (κ3) is 6.07. The molecule has 7 heteroatoms. The maximum atomic E-state index is 12.4. The second kappa shape index (κ2) is 10.5. The lowest BCUT2D eigenvalue weighted by atomic mass is 10.2. The van der Waals surface area contributed by atoms with E-state index in [2.05, 4.69) is 38.8 Å². The van der Waals surface area contributed by atoms with Crippen molar-refractivity contribution in [3.05, 3.63) is 56.5 Å². The standard InChI is InChI=1S/C20H20Br2O5/c1-3-5-10-26-17-8-6-14(12-15(17)21)20(24)27-18-9-7-13(11-16(18)22)19(23)25-4-2/h6-9,11-12H,3-5,10H2,1-2H3. The van der Waals surface area contributed by atoms with Crippen molar-refractivity contribution in [2.24, 2.45) is 0 Å². The first-order valence-electron chi connectivity index (χ1n) is 8.57. The van der Waals surface area contributed by atoms with Gasteiger partial charge in [-0.25, -0.2) is 9.59 Å². The number of carbonyl (C=O) groups is 2. The second-order valence-corrected chi connectivity index (χ2v) is 7.31. The number of unbranched alkanes of at least 4 members (excludes halogenated alkanes) is 1. The minimum atomic E-state index is -0.514. The van der Waals surface area contributed by atoms with Crippen LogP contribution in [0.1, 0.15) is 47.4 Å². The topological polar surface area (TPSA) is 61.8 Å². The zero-order valence-electron chi connectivity index (χ0n) is 15.1. The van der Waals surface area contributed by atoms with E-state index in [1.165, 1.54) is 0 Å². The summed E-state index contributed by atoms with van der Waals surface area (Å²) in [5.41, 5.74) is 0.755. The monoisotopic (exact) mass is 498 g/mol. The summed E-state index contributed by atoms with van der Waals surface area (Å²) in [6.45, 7) is 4.75. The van der Waals surface area contributed by atoms with Crippen molar-refractivity contribution in [2.75, 3.05) is 13.2 Å². The third-order valence-electron chi connectivity index (χ3n) is 3.57. The number of rotatable bonds is 8. The SMILES string of the molecule is CCCCOc1ccc(C(=O)Oc2ccc(C(=O)OCC)cc2Br)cc1Br. The highest BCUT2D eigenvalue weighted by atomic mass is 79.9. The zero-order chi connectivity index (χ0) is 19.8. The van der Waals surface area contributed by atoms with Gasteiger partial charge in [0.15, 0.2) is 0 Å². The van der Waals surface area contributed by atoms with Crippen molar-refractivity contribution in [1.29, 1.82) is 0 Å². The van der Waals surface area contributed by atoms with E-state index in [1.54, 1.807) is 43.3 Å². The van der Waals surface area contributed by atoms with Gasteiger partial charge < -0.3 is 14.2 Å². The molecule has 0 radical (unpaired) electrons. The second-order valence-electron chi connectivity index (χ2n) is 5.60. The number of hydrogen-bond donors (Lipinski definition) is 0. The van der Waals surface area contributed by atoms with Crippen LogP contribution in [0.25, 0.3) is 0 Å². The molecule has 0 fully saturated rings. The molecule has 0 saturated carbocycles. The largest absolute Gasteiger partial charge is 0.492 e. The first-order chi connectivity index (χ1) is 13.0. The summed E-state index contributed by atoms with van der Waals surface area (Å²) in [4.78, 5) is 24.2. The van der Waals surface area contributed by atoms with E-state index in [1.807, 2.05) is 0 Å². The highest BCUT2D eigenvalue weighted by molar-refractivity contribution is 9.10. The molecule has 0 amide bonds. The molecule has 2 rings (SSSR count). The van der Waals surface area contributed by atoms with Crippen LogP contribution in [0.15, 0.2) is 45.3 Å². The molecular formula is C20H20Br2O5. The van der Waals surface area contributed by atoms with E-state index in [4.69, 9.17) is 14.2 Å². The van der Waals surface area contributed by atoms with Gasteiger partial charge in [-0.05, 0) is 81.6 Å². The number of hydrogen-bond acceptors (Lipinski definition) is 5. The fourth-order valence-corrected chi connectivity index (χ4v) is 3.11. The minimum Gasteiger partial charge on any atom is -0.492 e. The van der Waals surface area contributed by atoms with E-state index in [-0.39, 0.29) is 0 Å². The molecule has 0 bridgehead atoms. The summed E-state index contributed by atoms with van der Waals surface area (Å²) in [5, 5.41) is 0. The van der Waals surface area contributed by atoms with Crippen LogP contribution < -0.4 is 9.47 Å². The Bertz CT molecular complexity index is 820. The summed E-state index contributed by atoms with van der Waals surface area (Å²) in [5.74, 6) is 0.0477. The lowest BCUT2D eigenvalue weighted by Gasteiger charge is -2.10. The van der Waals surface area contributed by atoms with Gasteiger partial charge in [0.2, 0.25) is 0 Å². The molecule has 144 valence electrons. The lowest BCUT2D eigenvalue weighted by Crippen LogP contribution is -2.10. The average Bonchev–Trinajstić information content (AvgIpc) is 2.64. The molecule has 0 aliphatic rings. The molecule has 0 N–H and O–H groups in total. The average molecular weight is 500 g/mol. The number of benzene rings is 2. The lowest BCUT2D eigenvalue weighted by molar-refractivity contribution is 0.0526. The first kappa shape index (κ1) is 21.4. The van der Waals surface area contributed by atoms with Crippen LogP contribution in [0.3, 0.4) is 0 Å². The highest BCUT2D eigenvalue weighted by Crippen LogP contribution is 2.29. The maximum absolute atomic E-state index is 12.4. The van der Waals surface area contributed by atoms with Crippen LogP contribution >= 0.6 is 31.9 Å². The van der Waals surface area contributed by atoms with Crippen LogP contribution in [-0.2, 0) is 4.74 Å². The van der Waals surface area contributed by atoms with Crippen molar-refractivity contribution in [1.82, 2.24) is 0 Å². The number of carbonyl (C=O) groups excluding carboxylic acids is 2. The van der Waals surface area contributed by atoms with E-state index < -0.39 is 11.9 Å². The molecule has 2 aromatic carbocycles. The van der Waals surface area contributed by atoms with Gasteiger partial charge in [-0.3, -0.25) is 0 Å². The van der Waals surface area contributed by atoms with Crippen LogP contribution in [0.5, 0.6) is 11.5 Å². The Morgan fingerprint density at radius 2 is 1.48 bits per heavy atom. The van der Waals surface area contributed by atoms with Gasteiger partial charge in [-0.1, -0.05) is 13.3 Å². The zero-order valence-corrected chi connectivity index (χ0v) is 18.3. The maximum Gasteiger partial charge on any atom is 0.343 e. The molecule has 0 saturated heterocycles. The number of esters is 2. The van der Waals surface area contributed by atoms with E-state index in [9.17, 15) is 9.59 Å². The number of ether oxygens (including phenoxy) is 3. The van der Waals surface area contributed by atoms with Gasteiger partial charge in [0.25, 0.3) is 0 Å². The fourth-order valence-electron chi connectivity index (χ4n) is 2.16. The van der Waals surface area contributed by atoms with Crippen molar-refractivity contribution in [3.63, 3.8) is 0 Å². The minimum absolute atomic E-state index is 0.292. The van der Waals surface area contributed by atoms with E-state index in [0.29, 0.717) is 44.8 Å². The van der Waals surface area contributed by atoms with Crippen molar-refractivity contribution in [2.45, 2.75) is 26.7 Å².